The molecule has 0 aliphatic carbocycles. The molecule has 0 unspecified atom stereocenters. The lowest BCUT2D eigenvalue weighted by Crippen LogP contribution is -2.58. The summed E-state index contributed by atoms with van der Waals surface area (Å²) in [6.45, 7) is 5.11. The molecule has 192 valence electrons. The number of amides is 2. The van der Waals surface area contributed by atoms with E-state index in [2.05, 4.69) is 10.3 Å². The molecule has 8 nitrogen and oxygen atoms in total. The second-order valence-corrected chi connectivity index (χ2v) is 9.55. The number of para-hydroxylation sites is 1. The SMILES string of the molecule is CCOC(=O)[C@H](CCc1ccccc1)N(C)C(=O)[C@@H](Cc1c[nH]c2ccccc12)NC(=O)C(C)(C)N. The number of aryl methyl sites for hydroxylation is 1. The highest BCUT2D eigenvalue weighted by molar-refractivity contribution is 5.94. The topological polar surface area (TPSA) is 118 Å². The number of nitrogens with one attached hydrogen (secondary N) is 2. The van der Waals surface area contributed by atoms with E-state index in [-0.39, 0.29) is 18.9 Å². The number of rotatable bonds is 11. The summed E-state index contributed by atoms with van der Waals surface area (Å²) in [6.07, 6.45) is 3.06. The van der Waals surface area contributed by atoms with E-state index >= 15 is 0 Å². The Bertz CT molecular complexity index is 1180. The van der Waals surface area contributed by atoms with Crippen LogP contribution in [0.2, 0.25) is 0 Å². The summed E-state index contributed by atoms with van der Waals surface area (Å²) in [5.41, 5.74) is 7.71. The van der Waals surface area contributed by atoms with E-state index in [1.165, 1.54) is 4.90 Å². The monoisotopic (exact) mass is 492 g/mol. The van der Waals surface area contributed by atoms with Crippen LogP contribution in [0.4, 0.5) is 0 Å². The van der Waals surface area contributed by atoms with Gasteiger partial charge in [-0.25, -0.2) is 4.79 Å². The van der Waals surface area contributed by atoms with Gasteiger partial charge in [0.05, 0.1) is 12.1 Å². The average molecular weight is 493 g/mol. The van der Waals surface area contributed by atoms with E-state index < -0.39 is 29.5 Å². The van der Waals surface area contributed by atoms with Gasteiger partial charge in [0.2, 0.25) is 11.8 Å². The molecule has 0 fully saturated rings. The number of aromatic nitrogens is 1. The molecule has 0 radical (unpaired) electrons. The molecule has 2 aromatic carbocycles. The second kappa shape index (κ2) is 11.9. The number of likely N-dealkylation sites (N-methyl/N-ethyl adjacent to an activating group) is 1. The van der Waals surface area contributed by atoms with Gasteiger partial charge < -0.3 is 25.7 Å². The maximum absolute atomic E-state index is 13.8. The zero-order valence-electron chi connectivity index (χ0n) is 21.4. The third-order valence-corrected chi connectivity index (χ3v) is 6.21. The van der Waals surface area contributed by atoms with Crippen LogP contribution in [0.5, 0.6) is 0 Å². The smallest absolute Gasteiger partial charge is 0.328 e. The first kappa shape index (κ1) is 26.9. The first-order valence-corrected chi connectivity index (χ1v) is 12.2. The Kier molecular flexibility index (Phi) is 8.88. The Morgan fingerprint density at radius 1 is 1.08 bits per heavy atom. The van der Waals surface area contributed by atoms with Crippen molar-refractivity contribution < 1.29 is 19.1 Å². The van der Waals surface area contributed by atoms with Crippen LogP contribution in [0.1, 0.15) is 38.3 Å². The van der Waals surface area contributed by atoms with Crippen molar-refractivity contribution in [2.24, 2.45) is 5.73 Å². The quantitative estimate of drug-likeness (QED) is 0.356. The van der Waals surface area contributed by atoms with E-state index in [1.807, 2.05) is 60.8 Å². The lowest BCUT2D eigenvalue weighted by molar-refractivity contribution is -0.155. The van der Waals surface area contributed by atoms with Crippen molar-refractivity contribution in [2.45, 2.75) is 57.7 Å². The number of hydrogen-bond acceptors (Lipinski definition) is 5. The number of nitrogens with zero attached hydrogens (tertiary/aromatic N) is 1. The number of fused-ring (bicyclic) bond motifs is 1. The first-order valence-electron chi connectivity index (χ1n) is 12.2. The van der Waals surface area contributed by atoms with Gasteiger partial charge in [0.25, 0.3) is 0 Å². The number of hydrogen-bond donors (Lipinski definition) is 3. The molecule has 3 rings (SSSR count). The molecule has 0 saturated heterocycles. The van der Waals surface area contributed by atoms with Crippen molar-refractivity contribution in [1.82, 2.24) is 15.2 Å². The van der Waals surface area contributed by atoms with Gasteiger partial charge >= 0.3 is 5.97 Å². The van der Waals surface area contributed by atoms with Gasteiger partial charge in [-0.3, -0.25) is 9.59 Å². The van der Waals surface area contributed by atoms with Gasteiger partial charge in [0.15, 0.2) is 0 Å². The number of benzene rings is 2. The molecule has 0 aliphatic heterocycles. The number of aromatic amines is 1. The van der Waals surface area contributed by atoms with E-state index in [4.69, 9.17) is 10.5 Å². The van der Waals surface area contributed by atoms with Crippen LogP contribution in [0.25, 0.3) is 10.9 Å². The van der Waals surface area contributed by atoms with Gasteiger partial charge in [0, 0.05) is 30.6 Å². The zero-order valence-corrected chi connectivity index (χ0v) is 21.4. The highest BCUT2D eigenvalue weighted by atomic mass is 16.5. The van der Waals surface area contributed by atoms with Gasteiger partial charge in [-0.15, -0.1) is 0 Å². The second-order valence-electron chi connectivity index (χ2n) is 9.55. The number of ether oxygens (including phenoxy) is 1. The summed E-state index contributed by atoms with van der Waals surface area (Å²) in [5, 5.41) is 3.78. The molecule has 0 bridgehead atoms. The molecular weight excluding hydrogens is 456 g/mol. The fraction of sp³-hybridized carbons (Fsp3) is 0.393. The van der Waals surface area contributed by atoms with E-state index in [0.29, 0.717) is 12.8 Å². The number of carbonyl (C=O) groups is 3. The van der Waals surface area contributed by atoms with Gasteiger partial charge in [-0.1, -0.05) is 48.5 Å². The minimum Gasteiger partial charge on any atom is -0.464 e. The highest BCUT2D eigenvalue weighted by Crippen LogP contribution is 2.21. The third-order valence-electron chi connectivity index (χ3n) is 6.21. The molecule has 8 heteroatoms. The van der Waals surface area contributed by atoms with Crippen molar-refractivity contribution in [3.05, 3.63) is 71.9 Å². The fourth-order valence-corrected chi connectivity index (χ4v) is 4.12. The molecule has 1 aromatic heterocycles. The lowest BCUT2D eigenvalue weighted by atomic mass is 9.99. The van der Waals surface area contributed by atoms with E-state index in [0.717, 1.165) is 22.0 Å². The third kappa shape index (κ3) is 6.73. The first-order chi connectivity index (χ1) is 17.1. The minimum absolute atomic E-state index is 0.208. The predicted octanol–water partition coefficient (Wildman–Crippen LogP) is 2.96. The molecule has 2 atom stereocenters. The molecular formula is C28H36N4O4. The number of carbonyl (C=O) groups excluding carboxylic acids is 3. The van der Waals surface area contributed by atoms with Crippen LogP contribution in [0.15, 0.2) is 60.8 Å². The van der Waals surface area contributed by atoms with E-state index in [1.54, 1.807) is 27.8 Å². The zero-order chi connectivity index (χ0) is 26.3. The van der Waals surface area contributed by atoms with Gasteiger partial charge in [-0.05, 0) is 50.8 Å². The molecule has 1 heterocycles. The minimum atomic E-state index is -1.18. The highest BCUT2D eigenvalue weighted by Gasteiger charge is 2.35. The maximum atomic E-state index is 13.8. The summed E-state index contributed by atoms with van der Waals surface area (Å²) in [4.78, 5) is 44.1. The van der Waals surface area contributed by atoms with Crippen molar-refractivity contribution in [2.75, 3.05) is 13.7 Å². The molecule has 0 spiro atoms. The van der Waals surface area contributed by atoms with Crippen LogP contribution in [-0.2, 0) is 32.0 Å². The average Bonchev–Trinajstić information content (AvgIpc) is 3.26. The Hall–Kier alpha value is -3.65. The summed E-state index contributed by atoms with van der Waals surface area (Å²) < 4.78 is 5.30. The predicted molar refractivity (Wildman–Crippen MR) is 140 cm³/mol. The van der Waals surface area contributed by atoms with Crippen LogP contribution in [0.3, 0.4) is 0 Å². The Labute approximate surface area is 212 Å². The molecule has 4 N–H and O–H groups in total. The lowest BCUT2D eigenvalue weighted by Gasteiger charge is -2.31. The normalized spacial score (nSPS) is 13.1. The molecule has 0 aliphatic rings. The fourth-order valence-electron chi connectivity index (χ4n) is 4.12. The molecule has 36 heavy (non-hydrogen) atoms. The van der Waals surface area contributed by atoms with Crippen LogP contribution in [0, 0.1) is 0 Å². The van der Waals surface area contributed by atoms with Gasteiger partial charge in [0.1, 0.15) is 12.1 Å². The Morgan fingerprint density at radius 3 is 2.42 bits per heavy atom. The summed E-state index contributed by atoms with van der Waals surface area (Å²) >= 11 is 0. The number of H-pyrrole nitrogens is 1. The largest absolute Gasteiger partial charge is 0.464 e. The Morgan fingerprint density at radius 2 is 1.75 bits per heavy atom. The maximum Gasteiger partial charge on any atom is 0.328 e. The number of esters is 1. The van der Waals surface area contributed by atoms with Crippen molar-refractivity contribution in [1.29, 1.82) is 0 Å². The summed E-state index contributed by atoms with van der Waals surface area (Å²) in [6, 6.07) is 15.8. The van der Waals surface area contributed by atoms with Crippen molar-refractivity contribution in [3.63, 3.8) is 0 Å². The van der Waals surface area contributed by atoms with Crippen molar-refractivity contribution >= 4 is 28.7 Å². The molecule has 2 amide bonds. The summed E-state index contributed by atoms with van der Waals surface area (Å²) in [5.74, 6) is -1.31. The van der Waals surface area contributed by atoms with Crippen LogP contribution in [-0.4, -0.2) is 58.9 Å². The number of nitrogens with two attached hydrogens (primary N) is 1. The molecule has 3 aromatic rings. The van der Waals surface area contributed by atoms with Crippen molar-refractivity contribution in [3.8, 4) is 0 Å². The Balaban J connectivity index is 1.87. The molecule has 0 saturated carbocycles. The summed E-state index contributed by atoms with van der Waals surface area (Å²) in [7, 11) is 1.58. The van der Waals surface area contributed by atoms with E-state index in [9.17, 15) is 14.4 Å². The van der Waals surface area contributed by atoms with Crippen LogP contribution >= 0.6 is 0 Å². The van der Waals surface area contributed by atoms with Crippen LogP contribution < -0.4 is 11.1 Å². The van der Waals surface area contributed by atoms with Gasteiger partial charge in [-0.2, -0.15) is 0 Å². The standard InChI is InChI=1S/C28H36N4O4/c1-5-36-26(34)24(16-15-19-11-7-6-8-12-19)32(4)25(33)23(31-27(35)28(2,3)29)17-20-18-30-22-14-10-9-13-21(20)22/h6-14,18,23-24,30H,5,15-17,29H2,1-4H3,(H,31,35)/t23-,24+/m1/s1.